The topological polar surface area (TPSA) is 60.7 Å². The van der Waals surface area contributed by atoms with Crippen molar-refractivity contribution >= 4 is 28.1 Å². The Labute approximate surface area is 176 Å². The van der Waals surface area contributed by atoms with Gasteiger partial charge in [-0.05, 0) is 69.0 Å². The Hall–Kier alpha value is -3.21. The average molecular weight is 405 g/mol. The van der Waals surface area contributed by atoms with Gasteiger partial charge in [0.25, 0.3) is 0 Å². The van der Waals surface area contributed by atoms with Gasteiger partial charge < -0.3 is 19.2 Å². The molecule has 1 N–H and O–H groups in total. The molecule has 0 radical (unpaired) electrons. The van der Waals surface area contributed by atoms with Crippen LogP contribution in [0.5, 0.6) is 11.5 Å². The molecular weight excluding hydrogens is 378 g/mol. The molecule has 0 saturated carbocycles. The lowest BCUT2D eigenvalue weighted by Gasteiger charge is -2.13. The molecule has 0 aliphatic heterocycles. The van der Waals surface area contributed by atoms with Gasteiger partial charge in [0.1, 0.15) is 22.8 Å². The average Bonchev–Trinajstić information content (AvgIpc) is 3.13. The Kier molecular flexibility index (Phi) is 5.53. The van der Waals surface area contributed by atoms with Gasteiger partial charge in [0, 0.05) is 40.3 Å². The summed E-state index contributed by atoms with van der Waals surface area (Å²) in [5.74, 6) is 2.40. The molecule has 1 aliphatic carbocycles. The van der Waals surface area contributed by atoms with E-state index < -0.39 is 0 Å². The van der Waals surface area contributed by atoms with Gasteiger partial charge in [-0.25, -0.2) is 0 Å². The number of methoxy groups -OCH3 is 2. The van der Waals surface area contributed by atoms with Crippen molar-refractivity contribution < 1.29 is 18.7 Å². The molecule has 0 bridgehead atoms. The van der Waals surface area contributed by atoms with Crippen molar-refractivity contribution in [3.63, 3.8) is 0 Å². The zero-order valence-electron chi connectivity index (χ0n) is 17.9. The fraction of sp³-hybridized carbons (Fsp3) is 0.320. The molecule has 0 saturated heterocycles. The molecule has 3 aromatic rings. The molecular formula is C25H27NO4. The van der Waals surface area contributed by atoms with Crippen molar-refractivity contribution in [2.45, 2.75) is 39.5 Å². The van der Waals surface area contributed by atoms with Crippen LogP contribution in [0.2, 0.25) is 0 Å². The number of amides is 1. The highest BCUT2D eigenvalue weighted by Crippen LogP contribution is 2.41. The van der Waals surface area contributed by atoms with E-state index in [0.29, 0.717) is 5.69 Å². The van der Waals surface area contributed by atoms with E-state index in [1.165, 1.54) is 18.4 Å². The maximum absolute atomic E-state index is 12.6. The van der Waals surface area contributed by atoms with Gasteiger partial charge in [0.05, 0.1) is 14.2 Å². The van der Waals surface area contributed by atoms with Gasteiger partial charge in [-0.15, -0.1) is 0 Å². The third-order valence-electron chi connectivity index (χ3n) is 5.76. The number of aryl methyl sites for hydroxylation is 3. The maximum atomic E-state index is 12.6. The zero-order chi connectivity index (χ0) is 21.3. The highest BCUT2D eigenvalue weighted by atomic mass is 16.5. The molecule has 0 fully saturated rings. The van der Waals surface area contributed by atoms with E-state index in [1.54, 1.807) is 20.3 Å². The summed E-state index contributed by atoms with van der Waals surface area (Å²) in [6, 6.07) is 9.37. The smallest absolute Gasteiger partial charge is 0.248 e. The molecule has 30 heavy (non-hydrogen) atoms. The summed E-state index contributed by atoms with van der Waals surface area (Å²) in [5, 5.41) is 4.04. The summed E-state index contributed by atoms with van der Waals surface area (Å²) < 4.78 is 17.1. The molecule has 1 aliphatic rings. The van der Waals surface area contributed by atoms with Crippen molar-refractivity contribution in [2.75, 3.05) is 19.5 Å². The molecule has 1 amide bonds. The molecule has 156 valence electrons. The van der Waals surface area contributed by atoms with Crippen LogP contribution in [-0.2, 0) is 17.6 Å². The lowest BCUT2D eigenvalue weighted by molar-refractivity contribution is -0.111. The van der Waals surface area contributed by atoms with Crippen LogP contribution in [0.3, 0.4) is 0 Å². The van der Waals surface area contributed by atoms with Gasteiger partial charge >= 0.3 is 0 Å². The van der Waals surface area contributed by atoms with Crippen molar-refractivity contribution in [1.29, 1.82) is 0 Å². The van der Waals surface area contributed by atoms with E-state index in [4.69, 9.17) is 13.9 Å². The van der Waals surface area contributed by atoms with Crippen LogP contribution in [0.15, 0.2) is 40.8 Å². The summed E-state index contributed by atoms with van der Waals surface area (Å²) >= 11 is 0. The standard InChI is InChI=1S/C25H27NO4/c1-15(13-23(27)26-17-9-11-18(28-3)12-10-17)20-14-21-19-7-5-6-8-22(19)30-25(21)16(2)24(20)29-4/h9-14H,5-8H2,1-4H3,(H,26,27)/b15-13+. The van der Waals surface area contributed by atoms with E-state index in [1.807, 2.05) is 38.1 Å². The molecule has 2 aromatic carbocycles. The van der Waals surface area contributed by atoms with Crippen LogP contribution in [-0.4, -0.2) is 20.1 Å². The minimum absolute atomic E-state index is 0.188. The third kappa shape index (κ3) is 3.67. The number of ether oxygens (including phenoxy) is 2. The second-order valence-electron chi connectivity index (χ2n) is 7.72. The number of benzene rings is 2. The quantitative estimate of drug-likeness (QED) is 0.555. The van der Waals surface area contributed by atoms with Crippen molar-refractivity contribution in [3.8, 4) is 11.5 Å². The van der Waals surface area contributed by atoms with Crippen molar-refractivity contribution in [2.24, 2.45) is 0 Å². The Balaban J connectivity index is 1.68. The number of carbonyl (C=O) groups excluding carboxylic acids is 1. The van der Waals surface area contributed by atoms with Gasteiger partial charge in [-0.3, -0.25) is 4.79 Å². The van der Waals surface area contributed by atoms with Gasteiger partial charge in [0.15, 0.2) is 0 Å². The van der Waals surface area contributed by atoms with Crippen LogP contribution in [0.25, 0.3) is 16.5 Å². The van der Waals surface area contributed by atoms with Crippen molar-refractivity contribution in [1.82, 2.24) is 0 Å². The predicted molar refractivity (Wildman–Crippen MR) is 119 cm³/mol. The van der Waals surface area contributed by atoms with Gasteiger partial charge in [-0.1, -0.05) is 0 Å². The molecule has 0 atom stereocenters. The number of carbonyl (C=O) groups is 1. The van der Waals surface area contributed by atoms with E-state index in [-0.39, 0.29) is 5.91 Å². The molecule has 4 rings (SSSR count). The number of hydrogen-bond acceptors (Lipinski definition) is 4. The van der Waals surface area contributed by atoms with Gasteiger partial charge in [-0.2, -0.15) is 0 Å². The van der Waals surface area contributed by atoms with Crippen LogP contribution >= 0.6 is 0 Å². The summed E-state index contributed by atoms with van der Waals surface area (Å²) in [6.07, 6.45) is 5.98. The first-order valence-corrected chi connectivity index (χ1v) is 10.3. The zero-order valence-corrected chi connectivity index (χ0v) is 17.9. The van der Waals surface area contributed by atoms with Crippen LogP contribution < -0.4 is 14.8 Å². The lowest BCUT2D eigenvalue weighted by atomic mass is 9.93. The summed E-state index contributed by atoms with van der Waals surface area (Å²) in [7, 11) is 3.27. The minimum atomic E-state index is -0.188. The molecule has 5 nitrogen and oxygen atoms in total. The summed E-state index contributed by atoms with van der Waals surface area (Å²) in [4.78, 5) is 12.6. The molecule has 0 spiro atoms. The van der Waals surface area contributed by atoms with Crippen LogP contribution in [0, 0.1) is 6.92 Å². The third-order valence-corrected chi connectivity index (χ3v) is 5.76. The number of nitrogens with one attached hydrogen (secondary N) is 1. The lowest BCUT2D eigenvalue weighted by Crippen LogP contribution is -2.08. The normalized spacial score (nSPS) is 13.8. The number of hydrogen-bond donors (Lipinski definition) is 1. The Morgan fingerprint density at radius 3 is 2.53 bits per heavy atom. The second-order valence-corrected chi connectivity index (χ2v) is 7.72. The van der Waals surface area contributed by atoms with Gasteiger partial charge in [0.2, 0.25) is 5.91 Å². The summed E-state index contributed by atoms with van der Waals surface area (Å²) in [6.45, 7) is 3.95. The van der Waals surface area contributed by atoms with Crippen molar-refractivity contribution in [3.05, 3.63) is 58.9 Å². The van der Waals surface area contributed by atoms with E-state index in [0.717, 1.165) is 57.8 Å². The number of allylic oxidation sites excluding steroid dienone is 1. The SMILES string of the molecule is COc1ccc(NC(=O)/C=C(\C)c2cc3c4c(oc3c(C)c2OC)CCCC4)cc1. The maximum Gasteiger partial charge on any atom is 0.248 e. The minimum Gasteiger partial charge on any atom is -0.497 e. The van der Waals surface area contributed by atoms with E-state index >= 15 is 0 Å². The highest BCUT2D eigenvalue weighted by molar-refractivity contribution is 6.05. The monoisotopic (exact) mass is 405 g/mol. The van der Waals surface area contributed by atoms with E-state index in [9.17, 15) is 4.79 Å². The first kappa shape index (κ1) is 20.1. The second kappa shape index (κ2) is 8.27. The number of fused-ring (bicyclic) bond motifs is 3. The number of furan rings is 1. The number of rotatable bonds is 5. The Morgan fingerprint density at radius 1 is 1.10 bits per heavy atom. The summed E-state index contributed by atoms with van der Waals surface area (Å²) in [5.41, 5.74) is 5.65. The first-order chi connectivity index (χ1) is 14.5. The first-order valence-electron chi connectivity index (χ1n) is 10.3. The Morgan fingerprint density at radius 2 is 1.83 bits per heavy atom. The fourth-order valence-electron chi connectivity index (χ4n) is 4.22. The Bertz CT molecular complexity index is 1120. The molecule has 5 heteroatoms. The molecule has 0 unspecified atom stereocenters. The van der Waals surface area contributed by atoms with Crippen LogP contribution in [0.1, 0.15) is 42.2 Å². The number of anilines is 1. The fourth-order valence-corrected chi connectivity index (χ4v) is 4.22. The predicted octanol–water partition coefficient (Wildman–Crippen LogP) is 5.68. The molecule has 1 heterocycles. The van der Waals surface area contributed by atoms with Crippen LogP contribution in [0.4, 0.5) is 5.69 Å². The largest absolute Gasteiger partial charge is 0.497 e. The highest BCUT2D eigenvalue weighted by Gasteiger charge is 2.23. The molecule has 1 aromatic heterocycles. The van der Waals surface area contributed by atoms with E-state index in [2.05, 4.69) is 11.4 Å².